The van der Waals surface area contributed by atoms with Gasteiger partial charge in [0.25, 0.3) is 5.56 Å². The predicted octanol–water partition coefficient (Wildman–Crippen LogP) is 1.71. The molecule has 0 amide bonds. The zero-order chi connectivity index (χ0) is 10.4. The molecule has 1 heterocycles. The van der Waals surface area contributed by atoms with E-state index in [-0.39, 0.29) is 12.0 Å². The molecule has 0 radical (unpaired) electrons. The Morgan fingerprint density at radius 1 is 1.57 bits per heavy atom. The van der Waals surface area contributed by atoms with E-state index in [0.29, 0.717) is 5.56 Å². The van der Waals surface area contributed by atoms with Crippen LogP contribution in [0.3, 0.4) is 0 Å². The number of nitriles is 1. The highest BCUT2D eigenvalue weighted by atomic mass is 16.1. The minimum Gasteiger partial charge on any atom is -0.315 e. The van der Waals surface area contributed by atoms with Crippen LogP contribution in [0.15, 0.2) is 23.1 Å². The smallest absolute Gasteiger partial charge is 0.254 e. The predicted molar refractivity (Wildman–Crippen MR) is 54.9 cm³/mol. The van der Waals surface area contributed by atoms with E-state index in [2.05, 4.69) is 6.92 Å². The van der Waals surface area contributed by atoms with E-state index in [1.807, 2.05) is 12.1 Å². The van der Waals surface area contributed by atoms with Crippen molar-refractivity contribution in [1.82, 2.24) is 4.57 Å². The van der Waals surface area contributed by atoms with Crippen LogP contribution in [-0.2, 0) is 13.0 Å². The topological polar surface area (TPSA) is 45.8 Å². The standard InChI is InChI=1S/C11H14N2O/c1-2-3-8-13-9-4-5-10(6-7-12)11(13)14/h4-5,9H,2-3,6,8H2,1H3. The Morgan fingerprint density at radius 2 is 2.36 bits per heavy atom. The Balaban J connectivity index is 2.91. The summed E-state index contributed by atoms with van der Waals surface area (Å²) in [4.78, 5) is 11.7. The third kappa shape index (κ3) is 2.46. The molecule has 0 bridgehead atoms. The lowest BCUT2D eigenvalue weighted by atomic mass is 10.2. The van der Waals surface area contributed by atoms with Crippen molar-refractivity contribution in [3.8, 4) is 6.07 Å². The Hall–Kier alpha value is -1.56. The maximum absolute atomic E-state index is 11.7. The second kappa shape index (κ2) is 5.23. The number of unbranched alkanes of at least 4 members (excludes halogenated alkanes) is 1. The van der Waals surface area contributed by atoms with Gasteiger partial charge in [-0.25, -0.2) is 0 Å². The van der Waals surface area contributed by atoms with Crippen molar-refractivity contribution in [1.29, 1.82) is 5.26 Å². The molecule has 1 aromatic rings. The quantitative estimate of drug-likeness (QED) is 0.725. The van der Waals surface area contributed by atoms with Gasteiger partial charge in [-0.2, -0.15) is 5.26 Å². The molecule has 3 heteroatoms. The minimum absolute atomic E-state index is 0.0255. The molecule has 0 aliphatic carbocycles. The van der Waals surface area contributed by atoms with Crippen LogP contribution in [-0.4, -0.2) is 4.57 Å². The average Bonchev–Trinajstić information content (AvgIpc) is 2.20. The number of pyridine rings is 1. The van der Waals surface area contributed by atoms with Gasteiger partial charge in [0.05, 0.1) is 12.5 Å². The summed E-state index contributed by atoms with van der Waals surface area (Å²) in [5.74, 6) is 0. The lowest BCUT2D eigenvalue weighted by Gasteiger charge is -2.04. The summed E-state index contributed by atoms with van der Waals surface area (Å²) in [6.45, 7) is 2.83. The summed E-state index contributed by atoms with van der Waals surface area (Å²) < 4.78 is 1.68. The summed E-state index contributed by atoms with van der Waals surface area (Å²) in [5, 5.41) is 8.51. The van der Waals surface area contributed by atoms with Crippen LogP contribution in [0.1, 0.15) is 25.3 Å². The van der Waals surface area contributed by atoms with Gasteiger partial charge in [0.2, 0.25) is 0 Å². The van der Waals surface area contributed by atoms with Crippen molar-refractivity contribution in [2.45, 2.75) is 32.7 Å². The highest BCUT2D eigenvalue weighted by Gasteiger charge is 2.01. The molecule has 1 rings (SSSR count). The summed E-state index contributed by atoms with van der Waals surface area (Å²) in [7, 11) is 0. The summed E-state index contributed by atoms with van der Waals surface area (Å²) in [6.07, 6.45) is 4.04. The van der Waals surface area contributed by atoms with Crippen LogP contribution in [0, 0.1) is 11.3 Å². The van der Waals surface area contributed by atoms with Gasteiger partial charge in [0, 0.05) is 18.3 Å². The van der Waals surface area contributed by atoms with Crippen molar-refractivity contribution < 1.29 is 0 Å². The molecule has 0 aliphatic heterocycles. The molecule has 0 saturated heterocycles. The van der Waals surface area contributed by atoms with E-state index in [1.54, 1.807) is 16.8 Å². The molecule has 0 unspecified atom stereocenters. The Bertz CT molecular complexity index is 387. The number of aromatic nitrogens is 1. The maximum atomic E-state index is 11.7. The lowest BCUT2D eigenvalue weighted by Crippen LogP contribution is -2.22. The Morgan fingerprint density at radius 3 is 3.00 bits per heavy atom. The molecule has 3 nitrogen and oxygen atoms in total. The van der Waals surface area contributed by atoms with Crippen LogP contribution >= 0.6 is 0 Å². The lowest BCUT2D eigenvalue weighted by molar-refractivity contribution is 0.609. The molecule has 14 heavy (non-hydrogen) atoms. The SMILES string of the molecule is CCCCn1cccc(CC#N)c1=O. The van der Waals surface area contributed by atoms with Gasteiger partial charge in [0.1, 0.15) is 0 Å². The van der Waals surface area contributed by atoms with Crippen LogP contribution in [0.2, 0.25) is 0 Å². The molecule has 1 aromatic heterocycles. The van der Waals surface area contributed by atoms with Gasteiger partial charge < -0.3 is 4.57 Å². The van der Waals surface area contributed by atoms with E-state index in [0.717, 1.165) is 19.4 Å². The Kier molecular flexibility index (Phi) is 3.93. The second-order valence-electron chi connectivity index (χ2n) is 3.22. The van der Waals surface area contributed by atoms with Crippen LogP contribution < -0.4 is 5.56 Å². The van der Waals surface area contributed by atoms with Crippen molar-refractivity contribution in [2.75, 3.05) is 0 Å². The normalized spacial score (nSPS) is 9.71. The van der Waals surface area contributed by atoms with Crippen molar-refractivity contribution in [2.24, 2.45) is 0 Å². The third-order valence-electron chi connectivity index (χ3n) is 2.12. The van der Waals surface area contributed by atoms with Crippen LogP contribution in [0.5, 0.6) is 0 Å². The minimum atomic E-state index is -0.0255. The number of aryl methyl sites for hydroxylation is 1. The van der Waals surface area contributed by atoms with Gasteiger partial charge in [-0.05, 0) is 12.5 Å². The van der Waals surface area contributed by atoms with Crippen molar-refractivity contribution >= 4 is 0 Å². The monoisotopic (exact) mass is 190 g/mol. The first-order chi connectivity index (χ1) is 6.79. The molecular formula is C11H14N2O. The zero-order valence-corrected chi connectivity index (χ0v) is 8.36. The second-order valence-corrected chi connectivity index (χ2v) is 3.22. The average molecular weight is 190 g/mol. The van der Waals surface area contributed by atoms with Gasteiger partial charge in [0.15, 0.2) is 0 Å². The van der Waals surface area contributed by atoms with Crippen LogP contribution in [0.4, 0.5) is 0 Å². The van der Waals surface area contributed by atoms with E-state index >= 15 is 0 Å². The van der Waals surface area contributed by atoms with E-state index in [1.165, 1.54) is 0 Å². The van der Waals surface area contributed by atoms with E-state index < -0.39 is 0 Å². The highest BCUT2D eigenvalue weighted by molar-refractivity contribution is 5.14. The first-order valence-electron chi connectivity index (χ1n) is 4.85. The zero-order valence-electron chi connectivity index (χ0n) is 8.36. The fraction of sp³-hybridized carbons (Fsp3) is 0.455. The molecule has 0 atom stereocenters. The largest absolute Gasteiger partial charge is 0.315 e. The van der Waals surface area contributed by atoms with Crippen LogP contribution in [0.25, 0.3) is 0 Å². The van der Waals surface area contributed by atoms with Gasteiger partial charge in [-0.15, -0.1) is 0 Å². The summed E-state index contributed by atoms with van der Waals surface area (Å²) in [6, 6.07) is 5.53. The molecule has 0 aromatic carbocycles. The van der Waals surface area contributed by atoms with Crippen molar-refractivity contribution in [3.05, 3.63) is 34.2 Å². The number of hydrogen-bond donors (Lipinski definition) is 0. The molecule has 74 valence electrons. The molecule has 0 saturated carbocycles. The number of rotatable bonds is 4. The fourth-order valence-corrected chi connectivity index (χ4v) is 1.31. The Labute approximate surface area is 83.6 Å². The van der Waals surface area contributed by atoms with E-state index in [4.69, 9.17) is 5.26 Å². The molecule has 0 aliphatic rings. The number of hydrogen-bond acceptors (Lipinski definition) is 2. The fourth-order valence-electron chi connectivity index (χ4n) is 1.31. The van der Waals surface area contributed by atoms with Crippen molar-refractivity contribution in [3.63, 3.8) is 0 Å². The molecule has 0 spiro atoms. The molecule has 0 N–H and O–H groups in total. The maximum Gasteiger partial charge on any atom is 0.254 e. The number of nitrogens with zero attached hydrogens (tertiary/aromatic N) is 2. The first-order valence-corrected chi connectivity index (χ1v) is 4.85. The highest BCUT2D eigenvalue weighted by Crippen LogP contribution is 1.95. The molecule has 0 fully saturated rings. The van der Waals surface area contributed by atoms with Gasteiger partial charge >= 0.3 is 0 Å². The summed E-state index contributed by atoms with van der Waals surface area (Å²) in [5.41, 5.74) is 0.564. The summed E-state index contributed by atoms with van der Waals surface area (Å²) >= 11 is 0. The third-order valence-corrected chi connectivity index (χ3v) is 2.12. The van der Waals surface area contributed by atoms with Gasteiger partial charge in [-0.1, -0.05) is 19.4 Å². The van der Waals surface area contributed by atoms with E-state index in [9.17, 15) is 4.79 Å². The van der Waals surface area contributed by atoms with Gasteiger partial charge in [-0.3, -0.25) is 4.79 Å². The molecular weight excluding hydrogens is 176 g/mol. The first kappa shape index (κ1) is 10.5.